The first-order valence-corrected chi connectivity index (χ1v) is 13.4. The number of nitrogens with zero attached hydrogens (tertiary/aromatic N) is 3. The summed E-state index contributed by atoms with van der Waals surface area (Å²) in [5, 5.41) is 24.3. The van der Waals surface area contributed by atoms with Crippen LogP contribution in [0.2, 0.25) is 0 Å². The first kappa shape index (κ1) is 23.1. The van der Waals surface area contributed by atoms with Crippen LogP contribution in [0, 0.1) is 51.8 Å². The van der Waals surface area contributed by atoms with Gasteiger partial charge in [-0.3, -0.25) is 9.48 Å². The highest BCUT2D eigenvalue weighted by atomic mass is 16.3. The zero-order valence-corrected chi connectivity index (χ0v) is 20.7. The van der Waals surface area contributed by atoms with Gasteiger partial charge in [-0.25, -0.2) is 0 Å². The number of hydrogen-bond donors (Lipinski definition) is 1. The fourth-order valence-electron chi connectivity index (χ4n) is 9.55. The van der Waals surface area contributed by atoms with E-state index in [0.717, 1.165) is 43.9 Å². The molecule has 0 amide bonds. The van der Waals surface area contributed by atoms with Gasteiger partial charge in [-0.05, 0) is 106 Å². The highest BCUT2D eigenvalue weighted by Gasteiger charge is 2.61. The number of fused-ring (bicyclic) bond motifs is 5. The topological polar surface area (TPSA) is 78.9 Å². The minimum Gasteiger partial charge on any atom is -0.390 e. The number of rotatable bonds is 4. The number of aliphatic hydroxyl groups is 1. The molecule has 5 rings (SSSR count). The maximum atomic E-state index is 13.4. The van der Waals surface area contributed by atoms with Crippen LogP contribution in [0.5, 0.6) is 0 Å². The van der Waals surface area contributed by atoms with E-state index in [4.69, 9.17) is 5.26 Å². The van der Waals surface area contributed by atoms with E-state index < -0.39 is 5.60 Å². The first-order chi connectivity index (χ1) is 15.7. The molecule has 180 valence electrons. The van der Waals surface area contributed by atoms with Crippen LogP contribution in [0.25, 0.3) is 0 Å². The zero-order chi connectivity index (χ0) is 23.4. The summed E-state index contributed by atoms with van der Waals surface area (Å²) < 4.78 is 1.65. The van der Waals surface area contributed by atoms with Crippen molar-refractivity contribution >= 4 is 5.78 Å². The molecular weight excluding hydrogens is 410 g/mol. The molecule has 0 radical (unpaired) electrons. The number of carbonyl (C=O) groups is 1. The Kier molecular flexibility index (Phi) is 5.75. The molecule has 0 aliphatic heterocycles. The molecule has 5 nitrogen and oxygen atoms in total. The lowest BCUT2D eigenvalue weighted by Gasteiger charge is -2.60. The van der Waals surface area contributed by atoms with Crippen molar-refractivity contribution in [3.05, 3.63) is 18.0 Å². The SMILES string of the molecule is CC[C@]12CCC[C@](C)(O)C[C@H]1CC[C@H]1[C@@H]3CC[C@H](C(=O)Cn4cc(C#N)cn4)[C@@]3(C)CC[C@@H]12. The summed E-state index contributed by atoms with van der Waals surface area (Å²) in [7, 11) is 0. The van der Waals surface area contributed by atoms with Crippen molar-refractivity contribution in [2.45, 2.75) is 104 Å². The Morgan fingerprint density at radius 2 is 2.00 bits per heavy atom. The van der Waals surface area contributed by atoms with Crippen LogP contribution < -0.4 is 0 Å². The molecule has 5 heteroatoms. The minimum absolute atomic E-state index is 0.0987. The highest BCUT2D eigenvalue weighted by molar-refractivity contribution is 5.82. The average molecular weight is 452 g/mol. The fourth-order valence-corrected chi connectivity index (χ4v) is 9.55. The number of carbonyl (C=O) groups excluding carboxylic acids is 1. The normalized spacial score (nSPS) is 44.8. The fraction of sp³-hybridized carbons (Fsp3) is 0.821. The third-order valence-corrected chi connectivity index (χ3v) is 11.0. The molecule has 4 fully saturated rings. The summed E-state index contributed by atoms with van der Waals surface area (Å²) in [6.45, 7) is 7.17. The number of ketones is 1. The molecule has 4 aliphatic carbocycles. The van der Waals surface area contributed by atoms with Gasteiger partial charge in [0.1, 0.15) is 6.07 Å². The Morgan fingerprint density at radius 3 is 2.73 bits per heavy atom. The Morgan fingerprint density at radius 1 is 1.18 bits per heavy atom. The van der Waals surface area contributed by atoms with Gasteiger partial charge in [0, 0.05) is 12.1 Å². The summed E-state index contributed by atoms with van der Waals surface area (Å²) in [5.74, 6) is 3.20. The molecule has 8 atom stereocenters. The largest absolute Gasteiger partial charge is 0.390 e. The molecule has 0 saturated heterocycles. The summed E-state index contributed by atoms with van der Waals surface area (Å²) >= 11 is 0. The molecule has 1 aromatic rings. The standard InChI is InChI=1S/C28H41N3O2/c1-4-28-12-5-11-26(2,33)14-20(28)6-7-21-22-8-9-24(27(22,3)13-10-23(21)28)25(32)18-31-17-19(15-29)16-30-31/h16-17,20-24,33H,4-14,18H2,1-3H3/t20-,21+,22+,23+,24-,26+,27+,28+/m1/s1. The summed E-state index contributed by atoms with van der Waals surface area (Å²) in [6.07, 6.45) is 15.9. The van der Waals surface area contributed by atoms with Crippen LogP contribution in [0.1, 0.15) is 97.0 Å². The molecule has 4 saturated carbocycles. The van der Waals surface area contributed by atoms with Crippen molar-refractivity contribution < 1.29 is 9.90 Å². The van der Waals surface area contributed by atoms with Crippen LogP contribution >= 0.6 is 0 Å². The number of aromatic nitrogens is 2. The van der Waals surface area contributed by atoms with E-state index in [1.54, 1.807) is 17.1 Å². The van der Waals surface area contributed by atoms with Crippen molar-refractivity contribution in [1.29, 1.82) is 5.26 Å². The molecule has 0 unspecified atom stereocenters. The van der Waals surface area contributed by atoms with E-state index in [1.807, 2.05) is 0 Å². The van der Waals surface area contributed by atoms with Crippen molar-refractivity contribution in [3.8, 4) is 6.07 Å². The second-order valence-electron chi connectivity index (χ2n) is 12.5. The predicted molar refractivity (Wildman–Crippen MR) is 127 cm³/mol. The lowest BCUT2D eigenvalue weighted by atomic mass is 9.45. The van der Waals surface area contributed by atoms with Crippen LogP contribution in [-0.2, 0) is 11.3 Å². The maximum absolute atomic E-state index is 13.4. The second kappa shape index (κ2) is 8.22. The van der Waals surface area contributed by atoms with Crippen LogP contribution in [0.4, 0.5) is 0 Å². The monoisotopic (exact) mass is 451 g/mol. The third kappa shape index (κ3) is 3.68. The van der Waals surface area contributed by atoms with Gasteiger partial charge >= 0.3 is 0 Å². The Bertz CT molecular complexity index is 945. The van der Waals surface area contributed by atoms with Gasteiger partial charge in [0.15, 0.2) is 5.78 Å². The van der Waals surface area contributed by atoms with E-state index in [0.29, 0.717) is 35.1 Å². The predicted octanol–water partition coefficient (Wildman–Crippen LogP) is 5.51. The van der Waals surface area contributed by atoms with Crippen LogP contribution in [-0.4, -0.2) is 26.3 Å². The molecule has 1 aromatic heterocycles. The smallest absolute Gasteiger partial charge is 0.157 e. The van der Waals surface area contributed by atoms with Gasteiger partial charge in [-0.15, -0.1) is 0 Å². The average Bonchev–Trinajstić information content (AvgIpc) is 3.34. The summed E-state index contributed by atoms with van der Waals surface area (Å²) in [4.78, 5) is 13.4. The minimum atomic E-state index is -0.500. The first-order valence-electron chi connectivity index (χ1n) is 13.4. The van der Waals surface area contributed by atoms with Gasteiger partial charge in [0.2, 0.25) is 0 Å². The van der Waals surface area contributed by atoms with E-state index >= 15 is 0 Å². The molecule has 0 spiro atoms. The molecule has 4 aliphatic rings. The molecule has 33 heavy (non-hydrogen) atoms. The summed E-state index contributed by atoms with van der Waals surface area (Å²) in [6, 6.07) is 2.10. The number of Topliss-reactive ketones (excluding diaryl/α,β-unsaturated/α-hetero) is 1. The van der Waals surface area contributed by atoms with Crippen LogP contribution in [0.3, 0.4) is 0 Å². The van der Waals surface area contributed by atoms with Gasteiger partial charge in [-0.2, -0.15) is 10.4 Å². The van der Waals surface area contributed by atoms with E-state index in [-0.39, 0.29) is 11.3 Å². The van der Waals surface area contributed by atoms with Gasteiger partial charge in [0.05, 0.1) is 23.9 Å². The van der Waals surface area contributed by atoms with Crippen molar-refractivity contribution in [1.82, 2.24) is 9.78 Å². The molecular formula is C28H41N3O2. The van der Waals surface area contributed by atoms with Crippen molar-refractivity contribution in [3.63, 3.8) is 0 Å². The summed E-state index contributed by atoms with van der Waals surface area (Å²) in [5.41, 5.74) is 0.500. The maximum Gasteiger partial charge on any atom is 0.157 e. The lowest BCUT2D eigenvalue weighted by molar-refractivity contribution is -0.137. The number of nitriles is 1. The van der Waals surface area contributed by atoms with Gasteiger partial charge < -0.3 is 5.11 Å². The Labute approximate surface area is 198 Å². The highest BCUT2D eigenvalue weighted by Crippen LogP contribution is 2.68. The van der Waals surface area contributed by atoms with E-state index in [2.05, 4.69) is 31.9 Å². The molecule has 0 bridgehead atoms. The quantitative estimate of drug-likeness (QED) is 0.654. The molecule has 1 heterocycles. The van der Waals surface area contributed by atoms with E-state index in [9.17, 15) is 9.90 Å². The van der Waals surface area contributed by atoms with Gasteiger partial charge in [0.25, 0.3) is 0 Å². The van der Waals surface area contributed by atoms with Gasteiger partial charge in [-0.1, -0.05) is 20.3 Å². The van der Waals surface area contributed by atoms with E-state index in [1.165, 1.54) is 38.5 Å². The third-order valence-electron chi connectivity index (χ3n) is 11.0. The molecule has 1 N–H and O–H groups in total. The Balaban J connectivity index is 1.36. The number of hydrogen-bond acceptors (Lipinski definition) is 4. The second-order valence-corrected chi connectivity index (χ2v) is 12.5. The van der Waals surface area contributed by atoms with Crippen molar-refractivity contribution in [2.75, 3.05) is 0 Å². The van der Waals surface area contributed by atoms with Crippen molar-refractivity contribution in [2.24, 2.45) is 40.4 Å². The van der Waals surface area contributed by atoms with Crippen LogP contribution in [0.15, 0.2) is 12.4 Å². The lowest BCUT2D eigenvalue weighted by Crippen LogP contribution is -2.53. The zero-order valence-electron chi connectivity index (χ0n) is 20.7. The Hall–Kier alpha value is -1.67. The molecule has 0 aromatic carbocycles.